The lowest BCUT2D eigenvalue weighted by molar-refractivity contribution is -0.135. The largest absolute Gasteiger partial charge is 0.497 e. The first-order chi connectivity index (χ1) is 17.7. The molecule has 0 saturated carbocycles. The quantitative estimate of drug-likeness (QED) is 0.458. The molecule has 0 aliphatic carbocycles. The van der Waals surface area contributed by atoms with Crippen molar-refractivity contribution >= 4 is 11.6 Å². The van der Waals surface area contributed by atoms with Crippen molar-refractivity contribution < 1.29 is 18.7 Å². The number of amides is 1. The van der Waals surface area contributed by atoms with E-state index in [0.29, 0.717) is 19.6 Å². The highest BCUT2D eigenvalue weighted by Gasteiger charge is 2.35. The molecule has 188 valence electrons. The summed E-state index contributed by atoms with van der Waals surface area (Å²) < 4.78 is 16.8. The predicted octanol–water partition coefficient (Wildman–Crippen LogP) is 3.66. The molecular weight excluding hydrogens is 456 g/mol. The van der Waals surface area contributed by atoms with E-state index in [0.717, 1.165) is 61.3 Å². The van der Waals surface area contributed by atoms with Gasteiger partial charge in [0.1, 0.15) is 29.9 Å². The van der Waals surface area contributed by atoms with Gasteiger partial charge in [0, 0.05) is 39.1 Å². The van der Waals surface area contributed by atoms with Gasteiger partial charge in [0.15, 0.2) is 0 Å². The van der Waals surface area contributed by atoms with Crippen LogP contribution in [-0.2, 0) is 4.79 Å². The fourth-order valence-corrected chi connectivity index (χ4v) is 4.64. The van der Waals surface area contributed by atoms with E-state index in [1.54, 1.807) is 18.4 Å². The number of hydrazone groups is 1. The van der Waals surface area contributed by atoms with E-state index in [1.165, 1.54) is 0 Å². The molecule has 0 N–H and O–H groups in total. The van der Waals surface area contributed by atoms with Crippen LogP contribution in [0.3, 0.4) is 0 Å². The smallest absolute Gasteiger partial charge is 0.257 e. The van der Waals surface area contributed by atoms with Gasteiger partial charge in [-0.05, 0) is 54.1 Å². The van der Waals surface area contributed by atoms with Gasteiger partial charge in [-0.3, -0.25) is 14.6 Å². The van der Waals surface area contributed by atoms with Gasteiger partial charge in [-0.1, -0.05) is 18.2 Å². The Morgan fingerprint density at radius 3 is 2.39 bits per heavy atom. The monoisotopic (exact) mass is 488 g/mol. The molecule has 0 radical (unpaired) electrons. The minimum Gasteiger partial charge on any atom is -0.497 e. The molecule has 1 fully saturated rings. The number of hydrogen-bond donors (Lipinski definition) is 0. The summed E-state index contributed by atoms with van der Waals surface area (Å²) in [5, 5.41) is 6.36. The molecule has 1 amide bonds. The number of para-hydroxylation sites is 1. The number of ether oxygens (including phenoxy) is 2. The first kappa shape index (κ1) is 24.1. The van der Waals surface area contributed by atoms with Crippen LogP contribution in [0.2, 0.25) is 0 Å². The molecule has 1 saturated heterocycles. The Labute approximate surface area is 211 Å². The lowest BCUT2D eigenvalue weighted by Crippen LogP contribution is -2.50. The van der Waals surface area contributed by atoms with Crippen LogP contribution in [0.1, 0.15) is 23.8 Å². The molecule has 0 bridgehead atoms. The van der Waals surface area contributed by atoms with Crippen molar-refractivity contribution in [1.82, 2.24) is 14.8 Å². The zero-order valence-corrected chi connectivity index (χ0v) is 20.6. The average Bonchev–Trinajstić information content (AvgIpc) is 3.61. The molecular formula is C28H32N4O4. The van der Waals surface area contributed by atoms with E-state index in [4.69, 9.17) is 19.0 Å². The molecule has 8 heteroatoms. The molecule has 1 atom stereocenters. The molecule has 3 aromatic rings. The number of methoxy groups -OCH3 is 1. The summed E-state index contributed by atoms with van der Waals surface area (Å²) in [4.78, 5) is 18.0. The first-order valence-electron chi connectivity index (χ1n) is 12.4. The van der Waals surface area contributed by atoms with Crippen LogP contribution in [0.4, 0.5) is 0 Å². The van der Waals surface area contributed by atoms with Gasteiger partial charge >= 0.3 is 0 Å². The van der Waals surface area contributed by atoms with Crippen LogP contribution in [0.5, 0.6) is 11.5 Å². The molecule has 2 aliphatic heterocycles. The van der Waals surface area contributed by atoms with E-state index in [-0.39, 0.29) is 11.9 Å². The van der Waals surface area contributed by atoms with E-state index >= 15 is 0 Å². The Kier molecular flexibility index (Phi) is 7.64. The summed E-state index contributed by atoms with van der Waals surface area (Å²) in [5.74, 6) is 2.42. The summed E-state index contributed by atoms with van der Waals surface area (Å²) in [6, 6.07) is 21.2. The Morgan fingerprint density at radius 2 is 1.69 bits per heavy atom. The van der Waals surface area contributed by atoms with Gasteiger partial charge in [0.05, 0.1) is 25.6 Å². The Hall–Kier alpha value is -3.62. The molecule has 2 aliphatic rings. The summed E-state index contributed by atoms with van der Waals surface area (Å²) >= 11 is 0. The second-order valence-electron chi connectivity index (χ2n) is 9.03. The van der Waals surface area contributed by atoms with Crippen LogP contribution in [-0.4, -0.2) is 79.4 Å². The topological polar surface area (TPSA) is 70.8 Å². The molecule has 0 unspecified atom stereocenters. The van der Waals surface area contributed by atoms with Gasteiger partial charge in [-0.2, -0.15) is 5.10 Å². The molecule has 3 heterocycles. The number of carbonyl (C=O) groups is 1. The van der Waals surface area contributed by atoms with Crippen molar-refractivity contribution in [2.45, 2.75) is 12.5 Å². The minimum absolute atomic E-state index is 0.0132. The molecule has 1 aromatic heterocycles. The fourth-order valence-electron chi connectivity index (χ4n) is 4.64. The fraction of sp³-hybridized carbons (Fsp3) is 0.357. The highest BCUT2D eigenvalue weighted by atomic mass is 16.5. The summed E-state index contributed by atoms with van der Waals surface area (Å²) in [6.07, 6.45) is 2.25. The number of rotatable bonds is 9. The predicted molar refractivity (Wildman–Crippen MR) is 137 cm³/mol. The maximum absolute atomic E-state index is 13.4. The van der Waals surface area contributed by atoms with Gasteiger partial charge in [0.25, 0.3) is 5.91 Å². The second-order valence-corrected chi connectivity index (χ2v) is 9.03. The van der Waals surface area contributed by atoms with Gasteiger partial charge < -0.3 is 13.9 Å². The maximum atomic E-state index is 13.4. The van der Waals surface area contributed by atoms with Crippen molar-refractivity contribution in [1.29, 1.82) is 0 Å². The van der Waals surface area contributed by atoms with Crippen LogP contribution >= 0.6 is 0 Å². The Bertz CT molecular complexity index is 1140. The zero-order chi connectivity index (χ0) is 24.7. The number of carbonyl (C=O) groups excluding carboxylic acids is 1. The maximum Gasteiger partial charge on any atom is 0.257 e. The lowest BCUT2D eigenvalue weighted by atomic mass is 10.0. The molecule has 36 heavy (non-hydrogen) atoms. The third-order valence-electron chi connectivity index (χ3n) is 6.70. The number of benzene rings is 2. The van der Waals surface area contributed by atoms with Crippen LogP contribution in [0.25, 0.3) is 0 Å². The molecule has 5 rings (SSSR count). The average molecular weight is 489 g/mol. The Balaban J connectivity index is 1.16. The van der Waals surface area contributed by atoms with Crippen molar-refractivity contribution in [2.75, 3.05) is 53.0 Å². The van der Waals surface area contributed by atoms with Crippen LogP contribution in [0.15, 0.2) is 82.5 Å². The van der Waals surface area contributed by atoms with Gasteiger partial charge in [-0.25, -0.2) is 5.01 Å². The van der Waals surface area contributed by atoms with E-state index < -0.39 is 0 Å². The van der Waals surface area contributed by atoms with Crippen molar-refractivity contribution in [3.05, 3.63) is 84.3 Å². The zero-order valence-electron chi connectivity index (χ0n) is 20.6. The van der Waals surface area contributed by atoms with Gasteiger partial charge in [0.2, 0.25) is 0 Å². The summed E-state index contributed by atoms with van der Waals surface area (Å²) in [6.45, 7) is 5.37. The minimum atomic E-state index is -0.235. The first-order valence-corrected chi connectivity index (χ1v) is 12.4. The highest BCUT2D eigenvalue weighted by Crippen LogP contribution is 2.33. The van der Waals surface area contributed by atoms with Gasteiger partial charge in [-0.15, -0.1) is 0 Å². The number of furan rings is 1. The standard InChI is InChI=1S/C28H32N4O4/c1-34-23-11-9-22(10-12-23)25-20-26(27-8-5-18-36-27)32(29-25)28(33)21-31-15-13-30(14-16-31)17-19-35-24-6-3-2-4-7-24/h2-12,18,26H,13-17,19-21H2,1H3/t26-/m0/s1. The third-order valence-corrected chi connectivity index (χ3v) is 6.70. The normalized spacial score (nSPS) is 18.8. The third kappa shape index (κ3) is 5.78. The van der Waals surface area contributed by atoms with E-state index in [2.05, 4.69) is 9.80 Å². The lowest BCUT2D eigenvalue weighted by Gasteiger charge is -2.34. The highest BCUT2D eigenvalue weighted by molar-refractivity contribution is 6.03. The van der Waals surface area contributed by atoms with E-state index in [1.807, 2.05) is 66.7 Å². The molecule has 2 aromatic carbocycles. The van der Waals surface area contributed by atoms with Crippen molar-refractivity contribution in [2.24, 2.45) is 5.10 Å². The Morgan fingerprint density at radius 1 is 0.944 bits per heavy atom. The van der Waals surface area contributed by atoms with E-state index in [9.17, 15) is 4.79 Å². The van der Waals surface area contributed by atoms with Crippen LogP contribution in [0, 0.1) is 0 Å². The number of piperazine rings is 1. The molecule has 0 spiro atoms. The van der Waals surface area contributed by atoms with Crippen LogP contribution < -0.4 is 9.47 Å². The SMILES string of the molecule is COc1ccc(C2=NN(C(=O)CN3CCN(CCOc4ccccc4)CC3)[C@H](c3ccco3)C2)cc1. The summed E-state index contributed by atoms with van der Waals surface area (Å²) in [7, 11) is 1.65. The summed E-state index contributed by atoms with van der Waals surface area (Å²) in [5.41, 5.74) is 1.85. The second kappa shape index (κ2) is 11.4. The van der Waals surface area contributed by atoms with Crippen molar-refractivity contribution in [3.63, 3.8) is 0 Å². The number of nitrogens with zero attached hydrogens (tertiary/aromatic N) is 4. The number of hydrogen-bond acceptors (Lipinski definition) is 7. The molecule has 8 nitrogen and oxygen atoms in total. The van der Waals surface area contributed by atoms with Crippen molar-refractivity contribution in [3.8, 4) is 11.5 Å².